The van der Waals surface area contributed by atoms with Gasteiger partial charge in [-0.3, -0.25) is 0 Å². The molecule has 0 fully saturated rings. The van der Waals surface area contributed by atoms with Crippen LogP contribution in [0, 0.1) is 26.2 Å². The van der Waals surface area contributed by atoms with Crippen LogP contribution in [-0.2, 0) is 6.42 Å². The van der Waals surface area contributed by atoms with Crippen molar-refractivity contribution < 1.29 is 0 Å². The van der Waals surface area contributed by atoms with Crippen molar-refractivity contribution in [3.63, 3.8) is 0 Å². The average molecular weight is 262 g/mol. The van der Waals surface area contributed by atoms with Crippen LogP contribution in [0.1, 0.15) is 36.1 Å². The zero-order valence-electron chi connectivity index (χ0n) is 13.5. The highest BCUT2D eigenvalue weighted by Gasteiger charge is 2.18. The van der Waals surface area contributed by atoms with Crippen LogP contribution >= 0.6 is 0 Å². The first-order chi connectivity index (χ1) is 8.75. The molecule has 0 amide bonds. The van der Waals surface area contributed by atoms with Crippen LogP contribution in [0.2, 0.25) is 0 Å². The molecule has 19 heavy (non-hydrogen) atoms. The molecule has 2 N–H and O–H groups in total. The summed E-state index contributed by atoms with van der Waals surface area (Å²) in [6, 6.07) is 4.57. The quantitative estimate of drug-likeness (QED) is 0.853. The second-order valence-electron chi connectivity index (χ2n) is 6.73. The zero-order valence-corrected chi connectivity index (χ0v) is 13.5. The molecule has 0 saturated carbocycles. The minimum atomic E-state index is 0.201. The lowest BCUT2D eigenvalue weighted by Crippen LogP contribution is -2.37. The zero-order chi connectivity index (χ0) is 14.6. The van der Waals surface area contributed by atoms with E-state index in [1.165, 1.54) is 22.3 Å². The second kappa shape index (κ2) is 6.53. The van der Waals surface area contributed by atoms with Crippen molar-refractivity contribution in [2.45, 2.75) is 41.0 Å². The molecule has 0 spiro atoms. The van der Waals surface area contributed by atoms with Crippen LogP contribution < -0.4 is 5.73 Å². The molecule has 1 aromatic rings. The van der Waals surface area contributed by atoms with Crippen molar-refractivity contribution in [1.29, 1.82) is 0 Å². The number of hydrogen-bond acceptors (Lipinski definition) is 2. The Morgan fingerprint density at radius 1 is 1.11 bits per heavy atom. The molecular formula is C17H30N2. The van der Waals surface area contributed by atoms with E-state index in [2.05, 4.69) is 58.7 Å². The molecule has 1 aromatic carbocycles. The summed E-state index contributed by atoms with van der Waals surface area (Å²) in [6.45, 7) is 13.9. The van der Waals surface area contributed by atoms with Crippen molar-refractivity contribution in [3.8, 4) is 0 Å². The molecule has 0 aliphatic carbocycles. The van der Waals surface area contributed by atoms with Crippen molar-refractivity contribution in [1.82, 2.24) is 4.90 Å². The molecule has 0 atom stereocenters. The Morgan fingerprint density at radius 2 is 1.63 bits per heavy atom. The van der Waals surface area contributed by atoms with Gasteiger partial charge in [0, 0.05) is 13.1 Å². The van der Waals surface area contributed by atoms with E-state index in [4.69, 9.17) is 5.73 Å². The van der Waals surface area contributed by atoms with Crippen LogP contribution in [0.3, 0.4) is 0 Å². The van der Waals surface area contributed by atoms with Crippen molar-refractivity contribution in [2.24, 2.45) is 11.1 Å². The smallest absolute Gasteiger partial charge is 0.00418 e. The summed E-state index contributed by atoms with van der Waals surface area (Å²) in [5.74, 6) is 0. The van der Waals surface area contributed by atoms with E-state index in [1.54, 1.807) is 0 Å². The number of hydrogen-bond donors (Lipinski definition) is 1. The molecule has 2 nitrogen and oxygen atoms in total. The SMILES string of the molecule is Cc1cc(C)c(CCN(C)CC(C)(C)CN)c(C)c1. The van der Waals surface area contributed by atoms with Crippen molar-refractivity contribution >= 4 is 0 Å². The number of likely N-dealkylation sites (N-methyl/N-ethyl adjacent to an activating group) is 1. The van der Waals surface area contributed by atoms with Gasteiger partial charge in [0.2, 0.25) is 0 Å². The van der Waals surface area contributed by atoms with E-state index in [1.807, 2.05) is 0 Å². The molecule has 0 aromatic heterocycles. The Kier molecular flexibility index (Phi) is 5.57. The maximum absolute atomic E-state index is 5.80. The lowest BCUT2D eigenvalue weighted by atomic mass is 9.92. The van der Waals surface area contributed by atoms with Gasteiger partial charge in [-0.05, 0) is 62.9 Å². The number of rotatable bonds is 6. The predicted molar refractivity (Wildman–Crippen MR) is 84.7 cm³/mol. The fourth-order valence-corrected chi connectivity index (χ4v) is 2.78. The lowest BCUT2D eigenvalue weighted by molar-refractivity contribution is 0.217. The van der Waals surface area contributed by atoms with E-state index in [0.29, 0.717) is 0 Å². The van der Waals surface area contributed by atoms with E-state index < -0.39 is 0 Å². The van der Waals surface area contributed by atoms with Gasteiger partial charge in [-0.15, -0.1) is 0 Å². The molecule has 0 aliphatic heterocycles. The molecular weight excluding hydrogens is 232 g/mol. The Morgan fingerprint density at radius 3 is 2.11 bits per heavy atom. The molecule has 0 saturated heterocycles. The minimum Gasteiger partial charge on any atom is -0.330 e. The Balaban J connectivity index is 2.63. The predicted octanol–water partition coefficient (Wildman–Crippen LogP) is 3.07. The molecule has 0 heterocycles. The van der Waals surface area contributed by atoms with Gasteiger partial charge in [-0.25, -0.2) is 0 Å². The first-order valence-corrected chi connectivity index (χ1v) is 7.20. The maximum Gasteiger partial charge on any atom is 0.00418 e. The van der Waals surface area contributed by atoms with E-state index in [-0.39, 0.29) is 5.41 Å². The van der Waals surface area contributed by atoms with Gasteiger partial charge in [0.25, 0.3) is 0 Å². The highest BCUT2D eigenvalue weighted by atomic mass is 15.1. The summed E-state index contributed by atoms with van der Waals surface area (Å²) in [4.78, 5) is 2.39. The van der Waals surface area contributed by atoms with Gasteiger partial charge in [-0.1, -0.05) is 31.5 Å². The Labute approximate surface area is 119 Å². The molecule has 2 heteroatoms. The van der Waals surface area contributed by atoms with Gasteiger partial charge >= 0.3 is 0 Å². The number of nitrogens with zero attached hydrogens (tertiary/aromatic N) is 1. The third-order valence-corrected chi connectivity index (χ3v) is 3.83. The number of aryl methyl sites for hydroxylation is 3. The third-order valence-electron chi connectivity index (χ3n) is 3.83. The van der Waals surface area contributed by atoms with Crippen molar-refractivity contribution in [3.05, 3.63) is 34.4 Å². The van der Waals surface area contributed by atoms with Gasteiger partial charge in [0.1, 0.15) is 0 Å². The summed E-state index contributed by atoms with van der Waals surface area (Å²) in [5.41, 5.74) is 11.7. The summed E-state index contributed by atoms with van der Waals surface area (Å²) in [5, 5.41) is 0. The summed E-state index contributed by atoms with van der Waals surface area (Å²) < 4.78 is 0. The standard InChI is InChI=1S/C17H30N2/c1-13-9-14(2)16(15(3)10-13)7-8-19(6)12-17(4,5)11-18/h9-10H,7-8,11-12,18H2,1-6H3. The van der Waals surface area contributed by atoms with Crippen molar-refractivity contribution in [2.75, 3.05) is 26.7 Å². The van der Waals surface area contributed by atoms with Crippen LogP contribution in [-0.4, -0.2) is 31.6 Å². The highest BCUT2D eigenvalue weighted by Crippen LogP contribution is 2.18. The number of benzene rings is 1. The molecule has 0 unspecified atom stereocenters. The van der Waals surface area contributed by atoms with Gasteiger partial charge < -0.3 is 10.6 Å². The summed E-state index contributed by atoms with van der Waals surface area (Å²) in [6.07, 6.45) is 1.12. The minimum absolute atomic E-state index is 0.201. The van der Waals surface area contributed by atoms with Crippen LogP contribution in [0.5, 0.6) is 0 Å². The van der Waals surface area contributed by atoms with Gasteiger partial charge in [0.05, 0.1) is 0 Å². The fraction of sp³-hybridized carbons (Fsp3) is 0.647. The molecule has 0 aliphatic rings. The molecule has 1 rings (SSSR count). The maximum atomic E-state index is 5.80. The number of nitrogens with two attached hydrogens (primary N) is 1. The normalized spacial score (nSPS) is 12.2. The second-order valence-corrected chi connectivity index (χ2v) is 6.73. The van der Waals surface area contributed by atoms with Gasteiger partial charge in [-0.2, -0.15) is 0 Å². The van der Waals surface area contributed by atoms with E-state index >= 15 is 0 Å². The Hall–Kier alpha value is -0.860. The van der Waals surface area contributed by atoms with Crippen LogP contribution in [0.25, 0.3) is 0 Å². The highest BCUT2D eigenvalue weighted by molar-refractivity contribution is 5.37. The first-order valence-electron chi connectivity index (χ1n) is 7.20. The first kappa shape index (κ1) is 16.2. The van der Waals surface area contributed by atoms with Crippen LogP contribution in [0.15, 0.2) is 12.1 Å². The molecule has 0 bridgehead atoms. The topological polar surface area (TPSA) is 29.3 Å². The summed E-state index contributed by atoms with van der Waals surface area (Å²) >= 11 is 0. The lowest BCUT2D eigenvalue weighted by Gasteiger charge is -2.29. The van der Waals surface area contributed by atoms with Gasteiger partial charge in [0.15, 0.2) is 0 Å². The Bertz CT molecular complexity index is 398. The molecule has 0 radical (unpaired) electrons. The summed E-state index contributed by atoms with van der Waals surface area (Å²) in [7, 11) is 2.19. The largest absolute Gasteiger partial charge is 0.330 e. The third kappa shape index (κ3) is 4.96. The molecule has 108 valence electrons. The van der Waals surface area contributed by atoms with E-state index in [0.717, 1.165) is 26.1 Å². The monoisotopic (exact) mass is 262 g/mol. The van der Waals surface area contributed by atoms with E-state index in [9.17, 15) is 0 Å². The fourth-order valence-electron chi connectivity index (χ4n) is 2.78. The average Bonchev–Trinajstić information content (AvgIpc) is 2.26. The van der Waals surface area contributed by atoms with Crippen LogP contribution in [0.4, 0.5) is 0 Å².